The van der Waals surface area contributed by atoms with Gasteiger partial charge in [-0.15, -0.1) is 0 Å². The first-order valence-electron chi connectivity index (χ1n) is 12.0. The Hall–Kier alpha value is -3.42. The summed E-state index contributed by atoms with van der Waals surface area (Å²) in [6.45, 7) is 3.78. The maximum Gasteiger partial charge on any atom is 0.239 e. The van der Waals surface area contributed by atoms with E-state index in [-0.39, 0.29) is 6.10 Å². The minimum Gasteiger partial charge on any atom is -0.393 e. The van der Waals surface area contributed by atoms with Crippen LogP contribution in [0.2, 0.25) is 0 Å². The lowest BCUT2D eigenvalue weighted by atomic mass is 10.1. The fourth-order valence-corrected chi connectivity index (χ4v) is 5.19. The quantitative estimate of drug-likeness (QED) is 0.608. The molecule has 3 aliphatic heterocycles. The molecule has 0 amide bonds. The van der Waals surface area contributed by atoms with Gasteiger partial charge in [0.1, 0.15) is 12.0 Å². The molecule has 5 heterocycles. The Morgan fingerprint density at radius 3 is 2.79 bits per heavy atom. The number of hydrogen-bond acceptors (Lipinski definition) is 9. The van der Waals surface area contributed by atoms with E-state index in [2.05, 4.69) is 26.2 Å². The van der Waals surface area contributed by atoms with Crippen molar-refractivity contribution in [3.8, 4) is 12.0 Å². The monoisotopic (exact) mass is 460 g/mol. The zero-order chi connectivity index (χ0) is 23.1. The minimum absolute atomic E-state index is 0.270. The topological polar surface area (TPSA) is 115 Å². The lowest BCUT2D eigenvalue weighted by Crippen LogP contribution is -2.39. The van der Waals surface area contributed by atoms with E-state index in [9.17, 15) is 10.4 Å². The first-order valence-corrected chi connectivity index (χ1v) is 12.0. The molecule has 2 fully saturated rings. The van der Waals surface area contributed by atoms with Gasteiger partial charge in [-0.25, -0.2) is 4.98 Å². The van der Waals surface area contributed by atoms with Crippen molar-refractivity contribution in [2.24, 2.45) is 0 Å². The molecule has 10 nitrogen and oxygen atoms in total. The second-order valence-electron chi connectivity index (χ2n) is 9.20. The number of aliphatic hydroxyl groups excluding tert-OH is 1. The van der Waals surface area contributed by atoms with Gasteiger partial charge in [0.25, 0.3) is 0 Å². The zero-order valence-corrected chi connectivity index (χ0v) is 19.0. The Morgan fingerprint density at radius 2 is 1.94 bits per heavy atom. The summed E-state index contributed by atoms with van der Waals surface area (Å²) < 4.78 is 7.46. The van der Waals surface area contributed by atoms with Crippen molar-refractivity contribution in [3.63, 3.8) is 0 Å². The average molecular weight is 461 g/mol. The summed E-state index contributed by atoms with van der Waals surface area (Å²) in [4.78, 5) is 19.2. The highest BCUT2D eigenvalue weighted by molar-refractivity contribution is 5.84. The fraction of sp³-hybridized carbons (Fsp3) is 0.500. The van der Waals surface area contributed by atoms with Gasteiger partial charge in [0, 0.05) is 32.3 Å². The van der Waals surface area contributed by atoms with Crippen molar-refractivity contribution in [2.75, 3.05) is 48.1 Å². The molecule has 10 heteroatoms. The smallest absolute Gasteiger partial charge is 0.239 e. The van der Waals surface area contributed by atoms with Crippen LogP contribution in [0.5, 0.6) is 0 Å². The van der Waals surface area contributed by atoms with Crippen LogP contribution in [0.25, 0.3) is 17.0 Å². The maximum atomic E-state index is 10.2. The summed E-state index contributed by atoms with van der Waals surface area (Å²) in [7, 11) is 0. The molecule has 0 aliphatic carbocycles. The molecule has 2 saturated heterocycles. The number of aliphatic hydroxyl groups is 1. The standard InChI is InChI=1S/C24H28N8O2/c25-13-16-3-4-19-20(12-16)32(14-26-19)24-28-22(30-8-1-2-18(33)5-9-30)21-23(29-24)31(15-27-21)17-6-10-34-11-7-17/h3-4,12,14,17-18,27,33H,1-2,5-11,15H2. The van der Waals surface area contributed by atoms with Gasteiger partial charge in [-0.2, -0.15) is 15.2 Å². The molecule has 3 aromatic rings. The second kappa shape index (κ2) is 8.74. The maximum absolute atomic E-state index is 10.2. The Balaban J connectivity index is 1.48. The lowest BCUT2D eigenvalue weighted by Gasteiger charge is -2.32. The molecule has 34 heavy (non-hydrogen) atoms. The molecular weight excluding hydrogens is 432 g/mol. The van der Waals surface area contributed by atoms with Crippen LogP contribution in [0.1, 0.15) is 37.7 Å². The lowest BCUT2D eigenvalue weighted by molar-refractivity contribution is 0.0849. The van der Waals surface area contributed by atoms with E-state index in [4.69, 9.17) is 14.7 Å². The van der Waals surface area contributed by atoms with Gasteiger partial charge >= 0.3 is 0 Å². The number of benzene rings is 1. The number of nitrogens with one attached hydrogen (secondary N) is 1. The summed E-state index contributed by atoms with van der Waals surface area (Å²) in [5.41, 5.74) is 3.12. The summed E-state index contributed by atoms with van der Waals surface area (Å²) in [5, 5.41) is 23.2. The molecule has 176 valence electrons. The molecule has 0 spiro atoms. The van der Waals surface area contributed by atoms with Gasteiger partial charge in [0.15, 0.2) is 11.6 Å². The molecule has 6 rings (SSSR count). The van der Waals surface area contributed by atoms with Crippen LogP contribution in [0, 0.1) is 11.3 Å². The molecule has 1 aromatic carbocycles. The summed E-state index contributed by atoms with van der Waals surface area (Å²) >= 11 is 0. The number of anilines is 3. The van der Waals surface area contributed by atoms with Gasteiger partial charge in [-0.1, -0.05) is 0 Å². The third-order valence-electron chi connectivity index (χ3n) is 7.08. The Labute approximate surface area is 197 Å². The number of rotatable bonds is 3. The van der Waals surface area contributed by atoms with Crippen molar-refractivity contribution in [3.05, 3.63) is 30.1 Å². The highest BCUT2D eigenvalue weighted by atomic mass is 16.5. The number of hydrogen-bond donors (Lipinski definition) is 2. The first kappa shape index (κ1) is 21.1. The van der Waals surface area contributed by atoms with Crippen LogP contribution >= 0.6 is 0 Å². The average Bonchev–Trinajstić information content (AvgIpc) is 3.43. The summed E-state index contributed by atoms with van der Waals surface area (Å²) in [6, 6.07) is 8.02. The third kappa shape index (κ3) is 3.71. The van der Waals surface area contributed by atoms with Crippen LogP contribution in [-0.2, 0) is 4.74 Å². The third-order valence-corrected chi connectivity index (χ3v) is 7.08. The van der Waals surface area contributed by atoms with Crippen LogP contribution in [0.15, 0.2) is 24.5 Å². The highest BCUT2D eigenvalue weighted by Gasteiger charge is 2.34. The fourth-order valence-electron chi connectivity index (χ4n) is 5.19. The van der Waals surface area contributed by atoms with Crippen molar-refractivity contribution in [1.29, 1.82) is 5.26 Å². The van der Waals surface area contributed by atoms with E-state index in [1.165, 1.54) is 0 Å². The van der Waals surface area contributed by atoms with E-state index in [1.54, 1.807) is 12.4 Å². The molecule has 0 saturated carbocycles. The SMILES string of the molecule is N#Cc1ccc2ncn(-c3nc(N4CCCC(O)CC4)c4c(n3)N(C3CCOCC3)CN4)c2c1. The number of nitriles is 1. The van der Waals surface area contributed by atoms with Crippen LogP contribution in [0.4, 0.5) is 17.3 Å². The number of aromatic nitrogens is 4. The van der Waals surface area contributed by atoms with Gasteiger partial charge in [-0.3, -0.25) is 4.57 Å². The number of nitrogens with zero attached hydrogens (tertiary/aromatic N) is 7. The Kier molecular flexibility index (Phi) is 5.43. The van der Waals surface area contributed by atoms with Crippen molar-refractivity contribution < 1.29 is 9.84 Å². The van der Waals surface area contributed by atoms with E-state index in [0.29, 0.717) is 24.2 Å². The Bertz CT molecular complexity index is 1250. The largest absolute Gasteiger partial charge is 0.393 e. The molecule has 0 radical (unpaired) electrons. The second-order valence-corrected chi connectivity index (χ2v) is 9.20. The van der Waals surface area contributed by atoms with Gasteiger partial charge < -0.3 is 25.0 Å². The van der Waals surface area contributed by atoms with E-state index in [1.807, 2.05) is 16.7 Å². The normalized spacial score (nSPS) is 21.2. The zero-order valence-electron chi connectivity index (χ0n) is 19.0. The van der Waals surface area contributed by atoms with Crippen molar-refractivity contribution in [1.82, 2.24) is 19.5 Å². The molecule has 2 N–H and O–H groups in total. The Morgan fingerprint density at radius 1 is 1.09 bits per heavy atom. The molecule has 3 aliphatic rings. The van der Waals surface area contributed by atoms with E-state index >= 15 is 0 Å². The van der Waals surface area contributed by atoms with Crippen LogP contribution < -0.4 is 15.1 Å². The molecule has 0 bridgehead atoms. The summed E-state index contributed by atoms with van der Waals surface area (Å²) in [5.74, 6) is 2.30. The molecule has 1 unspecified atom stereocenters. The van der Waals surface area contributed by atoms with E-state index < -0.39 is 0 Å². The predicted molar refractivity (Wildman–Crippen MR) is 128 cm³/mol. The number of imidazole rings is 1. The van der Waals surface area contributed by atoms with E-state index in [0.717, 1.165) is 86.8 Å². The summed E-state index contributed by atoms with van der Waals surface area (Å²) in [6.07, 6.45) is 5.83. The number of fused-ring (bicyclic) bond motifs is 2. The molecular formula is C24H28N8O2. The van der Waals surface area contributed by atoms with Crippen LogP contribution in [-0.4, -0.2) is 69.7 Å². The van der Waals surface area contributed by atoms with Crippen molar-refractivity contribution >= 4 is 28.4 Å². The predicted octanol–water partition coefficient (Wildman–Crippen LogP) is 2.41. The minimum atomic E-state index is -0.270. The first-order chi connectivity index (χ1) is 16.7. The highest BCUT2D eigenvalue weighted by Crippen LogP contribution is 2.40. The van der Waals surface area contributed by atoms with Gasteiger partial charge in [-0.05, 0) is 50.3 Å². The molecule has 1 atom stereocenters. The van der Waals surface area contributed by atoms with Crippen LogP contribution in [0.3, 0.4) is 0 Å². The van der Waals surface area contributed by atoms with Gasteiger partial charge in [0.2, 0.25) is 5.95 Å². The molecule has 2 aromatic heterocycles. The van der Waals surface area contributed by atoms with Crippen molar-refractivity contribution in [2.45, 2.75) is 44.2 Å². The number of ether oxygens (including phenoxy) is 1. The van der Waals surface area contributed by atoms with Gasteiger partial charge in [0.05, 0.1) is 35.4 Å².